The molecular formula is C15H17N3O. The van der Waals surface area contributed by atoms with Crippen LogP contribution in [0.15, 0.2) is 42.9 Å². The molecule has 2 aromatic heterocycles. The second-order valence-corrected chi connectivity index (χ2v) is 4.79. The maximum absolute atomic E-state index is 9.34. The maximum atomic E-state index is 9.34. The first kappa shape index (κ1) is 12.0. The Morgan fingerprint density at radius 2 is 2.16 bits per heavy atom. The van der Waals surface area contributed by atoms with Gasteiger partial charge in [-0.3, -0.25) is 4.68 Å². The Balaban J connectivity index is 1.85. The Hall–Kier alpha value is -2.07. The van der Waals surface area contributed by atoms with Gasteiger partial charge in [0.25, 0.3) is 0 Å². The maximum Gasteiger partial charge on any atom is 0.0688 e. The minimum atomic E-state index is 0.0873. The number of hydrogen-bond donors (Lipinski definition) is 1. The third-order valence-corrected chi connectivity index (χ3v) is 3.47. The Morgan fingerprint density at radius 1 is 1.26 bits per heavy atom. The molecule has 0 saturated carbocycles. The fourth-order valence-corrected chi connectivity index (χ4v) is 2.47. The van der Waals surface area contributed by atoms with Crippen molar-refractivity contribution in [1.29, 1.82) is 0 Å². The van der Waals surface area contributed by atoms with Crippen molar-refractivity contribution in [2.24, 2.45) is 7.05 Å². The number of aliphatic hydroxyl groups is 1. The summed E-state index contributed by atoms with van der Waals surface area (Å²) in [5.74, 6) is 0. The largest absolute Gasteiger partial charge is 0.392 e. The van der Waals surface area contributed by atoms with Gasteiger partial charge in [0, 0.05) is 36.9 Å². The van der Waals surface area contributed by atoms with Crippen molar-refractivity contribution in [3.8, 4) is 0 Å². The molecule has 4 heteroatoms. The summed E-state index contributed by atoms with van der Waals surface area (Å²) in [6.45, 7) is 1.01. The fourth-order valence-electron chi connectivity index (χ4n) is 2.47. The van der Waals surface area contributed by atoms with Crippen molar-refractivity contribution < 1.29 is 5.11 Å². The summed E-state index contributed by atoms with van der Waals surface area (Å²) < 4.78 is 4.05. The van der Waals surface area contributed by atoms with Crippen molar-refractivity contribution in [2.75, 3.05) is 0 Å². The van der Waals surface area contributed by atoms with E-state index in [1.165, 1.54) is 11.1 Å². The molecular weight excluding hydrogens is 238 g/mol. The zero-order valence-corrected chi connectivity index (χ0v) is 11.0. The molecule has 0 aliphatic rings. The van der Waals surface area contributed by atoms with E-state index in [0.717, 1.165) is 23.9 Å². The molecule has 0 saturated heterocycles. The molecule has 0 spiro atoms. The van der Waals surface area contributed by atoms with Crippen LogP contribution in [-0.4, -0.2) is 19.5 Å². The third kappa shape index (κ3) is 2.27. The molecule has 1 aromatic carbocycles. The van der Waals surface area contributed by atoms with Crippen LogP contribution in [0.5, 0.6) is 0 Å². The van der Waals surface area contributed by atoms with Gasteiger partial charge in [-0.2, -0.15) is 5.10 Å². The molecule has 2 heterocycles. The number of nitrogens with zero attached hydrogens (tertiary/aromatic N) is 3. The van der Waals surface area contributed by atoms with E-state index in [2.05, 4.69) is 28.0 Å². The number of benzene rings is 1. The van der Waals surface area contributed by atoms with Crippen molar-refractivity contribution >= 4 is 10.9 Å². The Bertz CT molecular complexity index is 696. The minimum absolute atomic E-state index is 0.0873. The van der Waals surface area contributed by atoms with Crippen molar-refractivity contribution in [2.45, 2.75) is 19.6 Å². The molecule has 0 atom stereocenters. The molecule has 19 heavy (non-hydrogen) atoms. The van der Waals surface area contributed by atoms with Gasteiger partial charge in [0.05, 0.1) is 12.8 Å². The van der Waals surface area contributed by atoms with Gasteiger partial charge < -0.3 is 9.67 Å². The monoisotopic (exact) mass is 255 g/mol. The lowest BCUT2D eigenvalue weighted by molar-refractivity contribution is 0.283. The molecule has 0 unspecified atom stereocenters. The van der Waals surface area contributed by atoms with Crippen LogP contribution in [0, 0.1) is 0 Å². The van der Waals surface area contributed by atoms with Crippen LogP contribution < -0.4 is 0 Å². The number of fused-ring (bicyclic) bond motifs is 1. The van der Waals surface area contributed by atoms with Gasteiger partial charge in [0.2, 0.25) is 0 Å². The van der Waals surface area contributed by atoms with Crippen LogP contribution in [0.4, 0.5) is 0 Å². The van der Waals surface area contributed by atoms with Gasteiger partial charge in [0.1, 0.15) is 0 Å². The van der Waals surface area contributed by atoms with E-state index in [9.17, 15) is 5.11 Å². The second kappa shape index (κ2) is 4.90. The molecule has 1 N–H and O–H groups in total. The quantitative estimate of drug-likeness (QED) is 0.776. The van der Waals surface area contributed by atoms with E-state index < -0.39 is 0 Å². The van der Waals surface area contributed by atoms with Gasteiger partial charge in [-0.1, -0.05) is 12.1 Å². The summed E-state index contributed by atoms with van der Waals surface area (Å²) in [7, 11) is 1.93. The van der Waals surface area contributed by atoms with Crippen LogP contribution in [0.25, 0.3) is 10.9 Å². The smallest absolute Gasteiger partial charge is 0.0688 e. The van der Waals surface area contributed by atoms with Crippen molar-refractivity contribution in [3.63, 3.8) is 0 Å². The summed E-state index contributed by atoms with van der Waals surface area (Å²) in [5, 5.41) is 14.7. The zero-order chi connectivity index (χ0) is 13.2. The van der Waals surface area contributed by atoms with E-state index in [0.29, 0.717) is 0 Å². The first-order valence-electron chi connectivity index (χ1n) is 6.43. The van der Waals surface area contributed by atoms with Crippen LogP contribution in [0.1, 0.15) is 11.1 Å². The van der Waals surface area contributed by atoms with E-state index in [4.69, 9.17) is 0 Å². The van der Waals surface area contributed by atoms with Crippen molar-refractivity contribution in [1.82, 2.24) is 14.3 Å². The van der Waals surface area contributed by atoms with Crippen LogP contribution >= 0.6 is 0 Å². The number of aromatic nitrogens is 3. The Morgan fingerprint density at radius 3 is 2.89 bits per heavy atom. The zero-order valence-electron chi connectivity index (χ0n) is 11.0. The average Bonchev–Trinajstić information content (AvgIpc) is 3.02. The average molecular weight is 255 g/mol. The van der Waals surface area contributed by atoms with E-state index in [1.807, 2.05) is 36.3 Å². The molecule has 98 valence electrons. The lowest BCUT2D eigenvalue weighted by atomic mass is 10.1. The summed E-state index contributed by atoms with van der Waals surface area (Å²) in [6, 6.07) is 8.13. The molecule has 0 amide bonds. The summed E-state index contributed by atoms with van der Waals surface area (Å²) in [6.07, 6.45) is 7.00. The first-order chi connectivity index (χ1) is 9.28. The highest BCUT2D eigenvalue weighted by Gasteiger charge is 2.05. The van der Waals surface area contributed by atoms with Crippen molar-refractivity contribution in [3.05, 3.63) is 54.0 Å². The summed E-state index contributed by atoms with van der Waals surface area (Å²) in [5.41, 5.74) is 3.40. The molecule has 3 rings (SSSR count). The highest BCUT2D eigenvalue weighted by Crippen LogP contribution is 2.20. The number of hydrogen-bond acceptors (Lipinski definition) is 2. The van der Waals surface area contributed by atoms with Gasteiger partial charge in [-0.15, -0.1) is 0 Å². The first-order valence-corrected chi connectivity index (χ1v) is 6.43. The fraction of sp³-hybridized carbons (Fsp3) is 0.267. The number of rotatable bonds is 4. The predicted molar refractivity (Wildman–Crippen MR) is 74.8 cm³/mol. The summed E-state index contributed by atoms with van der Waals surface area (Å²) >= 11 is 0. The standard InChI is InChI=1S/C15H17N3O/c1-17-10-12(9-16-17)5-7-18-8-6-14-13(11-19)3-2-4-15(14)18/h2-4,6,8-10,19H,5,7,11H2,1H3. The Labute approximate surface area is 111 Å². The second-order valence-electron chi connectivity index (χ2n) is 4.79. The van der Waals surface area contributed by atoms with Gasteiger partial charge in [-0.05, 0) is 29.7 Å². The molecule has 0 radical (unpaired) electrons. The van der Waals surface area contributed by atoms with E-state index in [-0.39, 0.29) is 6.61 Å². The van der Waals surface area contributed by atoms with Crippen LogP contribution in [0.3, 0.4) is 0 Å². The number of aliphatic hydroxyl groups excluding tert-OH is 1. The van der Waals surface area contributed by atoms with Gasteiger partial charge in [-0.25, -0.2) is 0 Å². The molecule has 3 aromatic rings. The van der Waals surface area contributed by atoms with Crippen LogP contribution in [0.2, 0.25) is 0 Å². The van der Waals surface area contributed by atoms with Gasteiger partial charge in [0.15, 0.2) is 0 Å². The number of aryl methyl sites for hydroxylation is 3. The third-order valence-electron chi connectivity index (χ3n) is 3.47. The predicted octanol–water partition coefficient (Wildman–Crippen LogP) is 2.11. The van der Waals surface area contributed by atoms with Crippen LogP contribution in [-0.2, 0) is 26.6 Å². The molecule has 0 fully saturated rings. The molecule has 0 bridgehead atoms. The Kier molecular flexibility index (Phi) is 3.09. The molecule has 4 nitrogen and oxygen atoms in total. The topological polar surface area (TPSA) is 43.0 Å². The molecule has 0 aliphatic carbocycles. The lowest BCUT2D eigenvalue weighted by Gasteiger charge is -2.05. The SMILES string of the molecule is Cn1cc(CCn2ccc3c(CO)cccc32)cn1. The normalized spacial score (nSPS) is 11.3. The molecule has 0 aliphatic heterocycles. The van der Waals surface area contributed by atoms with E-state index >= 15 is 0 Å². The highest BCUT2D eigenvalue weighted by atomic mass is 16.3. The highest BCUT2D eigenvalue weighted by molar-refractivity contribution is 5.83. The van der Waals surface area contributed by atoms with Gasteiger partial charge >= 0.3 is 0 Å². The lowest BCUT2D eigenvalue weighted by Crippen LogP contribution is -1.99. The van der Waals surface area contributed by atoms with E-state index in [1.54, 1.807) is 0 Å². The minimum Gasteiger partial charge on any atom is -0.392 e. The summed E-state index contributed by atoms with van der Waals surface area (Å²) in [4.78, 5) is 0.